The molecule has 0 radical (unpaired) electrons. The van der Waals surface area contributed by atoms with Crippen molar-refractivity contribution >= 4 is 17.3 Å². The minimum atomic E-state index is -1.22. The topological polar surface area (TPSA) is 89.9 Å². The first kappa shape index (κ1) is 24.3. The number of ether oxygens (including phenoxy) is 2. The number of rotatable bonds is 2. The van der Waals surface area contributed by atoms with Crippen molar-refractivity contribution in [3.63, 3.8) is 0 Å². The molecule has 0 aromatic heterocycles. The van der Waals surface area contributed by atoms with Crippen LogP contribution in [0.2, 0.25) is 0 Å². The number of ketones is 3. The Kier molecular flexibility index (Phi) is 5.26. The molecule has 2 atom stereocenters. The molecule has 1 N–H and O–H groups in total. The normalized spacial score (nSPS) is 24.1. The van der Waals surface area contributed by atoms with Crippen LogP contribution in [0.1, 0.15) is 87.0 Å². The molecule has 6 nitrogen and oxygen atoms in total. The van der Waals surface area contributed by atoms with Crippen LogP contribution in [0.25, 0.3) is 0 Å². The molecule has 0 spiro atoms. The maximum absolute atomic E-state index is 13.9. The van der Waals surface area contributed by atoms with Gasteiger partial charge in [0.25, 0.3) is 0 Å². The standard InChI is InChI=1S/C30H32O6/c1-14(2)19-21-24(36-27-22(19)26(33)29(4,5)28(34)30(27,6)7)15(3)23(32)20-17(31)13-18(35-25(20)21)16-11-9-8-10-12-16/h8-12,14,18-19,32H,13H2,1-7H3. The van der Waals surface area contributed by atoms with Gasteiger partial charge in [0.1, 0.15) is 34.7 Å². The molecule has 0 amide bonds. The molecular weight excluding hydrogens is 456 g/mol. The number of phenols is 1. The van der Waals surface area contributed by atoms with Crippen LogP contribution in [-0.4, -0.2) is 22.5 Å². The number of allylic oxidation sites excluding steroid dienone is 2. The Balaban J connectivity index is 1.80. The van der Waals surface area contributed by atoms with Crippen LogP contribution in [0.4, 0.5) is 0 Å². The Morgan fingerprint density at radius 3 is 2.22 bits per heavy atom. The number of carbonyl (C=O) groups is 3. The quantitative estimate of drug-likeness (QED) is 0.522. The van der Waals surface area contributed by atoms with Gasteiger partial charge in [-0.25, -0.2) is 0 Å². The molecule has 188 valence electrons. The maximum Gasteiger partial charge on any atom is 0.175 e. The van der Waals surface area contributed by atoms with Crippen LogP contribution in [0.5, 0.6) is 17.2 Å². The zero-order valence-electron chi connectivity index (χ0n) is 21.8. The van der Waals surface area contributed by atoms with Crippen molar-refractivity contribution in [1.29, 1.82) is 0 Å². The highest BCUT2D eigenvalue weighted by Gasteiger charge is 2.58. The Morgan fingerprint density at radius 2 is 1.61 bits per heavy atom. The Bertz CT molecular complexity index is 1360. The predicted molar refractivity (Wildman–Crippen MR) is 134 cm³/mol. The number of phenolic OH excluding ortho intramolecular Hbond substituents is 1. The van der Waals surface area contributed by atoms with Crippen molar-refractivity contribution in [3.8, 4) is 17.2 Å². The van der Waals surface area contributed by atoms with Crippen molar-refractivity contribution in [2.45, 2.75) is 66.9 Å². The molecule has 0 bridgehead atoms. The summed E-state index contributed by atoms with van der Waals surface area (Å²) in [5.41, 5.74) is 0.176. The van der Waals surface area contributed by atoms with Crippen LogP contribution in [0, 0.1) is 23.7 Å². The number of aromatic hydroxyl groups is 1. The maximum atomic E-state index is 13.9. The lowest BCUT2D eigenvalue weighted by Gasteiger charge is -2.46. The van der Waals surface area contributed by atoms with E-state index >= 15 is 0 Å². The van der Waals surface area contributed by atoms with Crippen molar-refractivity contribution in [2.75, 3.05) is 0 Å². The first-order valence-electron chi connectivity index (χ1n) is 12.5. The van der Waals surface area contributed by atoms with E-state index in [0.29, 0.717) is 28.2 Å². The molecule has 2 aromatic carbocycles. The minimum Gasteiger partial charge on any atom is -0.507 e. The van der Waals surface area contributed by atoms with Gasteiger partial charge in [-0.2, -0.15) is 0 Å². The number of carbonyl (C=O) groups excluding carboxylic acids is 3. The first-order chi connectivity index (χ1) is 16.8. The van der Waals surface area contributed by atoms with Crippen molar-refractivity contribution in [3.05, 3.63) is 63.9 Å². The third-order valence-corrected chi connectivity index (χ3v) is 7.98. The van der Waals surface area contributed by atoms with E-state index in [1.54, 1.807) is 34.6 Å². The lowest BCUT2D eigenvalue weighted by molar-refractivity contribution is -0.144. The average molecular weight is 489 g/mol. The summed E-state index contributed by atoms with van der Waals surface area (Å²) in [6.45, 7) is 12.6. The number of benzene rings is 2. The summed E-state index contributed by atoms with van der Waals surface area (Å²) in [6, 6.07) is 9.48. The molecule has 5 rings (SSSR count). The highest BCUT2D eigenvalue weighted by atomic mass is 16.5. The highest BCUT2D eigenvalue weighted by Crippen LogP contribution is 2.60. The van der Waals surface area contributed by atoms with Crippen molar-refractivity contribution in [2.24, 2.45) is 16.7 Å². The molecule has 0 saturated heterocycles. The largest absolute Gasteiger partial charge is 0.507 e. The van der Waals surface area contributed by atoms with E-state index < -0.39 is 22.9 Å². The molecule has 2 heterocycles. The lowest BCUT2D eigenvalue weighted by Crippen LogP contribution is -2.52. The van der Waals surface area contributed by atoms with Gasteiger partial charge in [0.15, 0.2) is 17.3 Å². The zero-order valence-corrected chi connectivity index (χ0v) is 21.8. The Labute approximate surface area is 211 Å². The fourth-order valence-electron chi connectivity index (χ4n) is 6.09. The van der Waals surface area contributed by atoms with Crippen LogP contribution in [0.15, 0.2) is 41.7 Å². The summed E-state index contributed by atoms with van der Waals surface area (Å²) < 4.78 is 12.9. The highest BCUT2D eigenvalue weighted by molar-refractivity contribution is 6.20. The van der Waals surface area contributed by atoms with Crippen molar-refractivity contribution in [1.82, 2.24) is 0 Å². The SMILES string of the molecule is Cc1c(O)c2c(c3c1OC1=C(C(=O)C(C)(C)C(=O)C1(C)C)C3C(C)C)OC(c1ccccc1)CC2=O. The van der Waals surface area contributed by atoms with Gasteiger partial charge in [0, 0.05) is 22.6 Å². The van der Waals surface area contributed by atoms with Crippen LogP contribution >= 0.6 is 0 Å². The summed E-state index contributed by atoms with van der Waals surface area (Å²) in [7, 11) is 0. The van der Waals surface area contributed by atoms with E-state index in [9.17, 15) is 19.5 Å². The van der Waals surface area contributed by atoms with Crippen LogP contribution in [0.3, 0.4) is 0 Å². The van der Waals surface area contributed by atoms with E-state index in [2.05, 4.69) is 0 Å². The second-order valence-electron chi connectivity index (χ2n) is 11.5. The number of fused-ring (bicyclic) bond motifs is 3. The predicted octanol–water partition coefficient (Wildman–Crippen LogP) is 6.00. The summed E-state index contributed by atoms with van der Waals surface area (Å²) >= 11 is 0. The van der Waals surface area contributed by atoms with Gasteiger partial charge in [-0.3, -0.25) is 14.4 Å². The Morgan fingerprint density at radius 1 is 0.972 bits per heavy atom. The average Bonchev–Trinajstić information content (AvgIpc) is 2.84. The van der Waals surface area contributed by atoms with Gasteiger partial charge in [-0.1, -0.05) is 44.2 Å². The lowest BCUT2D eigenvalue weighted by atomic mass is 9.59. The molecule has 2 unspecified atom stereocenters. The third kappa shape index (κ3) is 3.12. The second-order valence-corrected chi connectivity index (χ2v) is 11.5. The van der Waals surface area contributed by atoms with Crippen LogP contribution < -0.4 is 9.47 Å². The summed E-state index contributed by atoms with van der Waals surface area (Å²) in [5.74, 6) is -0.481. The van der Waals surface area contributed by atoms with E-state index in [-0.39, 0.29) is 46.8 Å². The summed E-state index contributed by atoms with van der Waals surface area (Å²) in [4.78, 5) is 40.7. The molecule has 6 heteroatoms. The number of hydrogen-bond donors (Lipinski definition) is 1. The van der Waals surface area contributed by atoms with E-state index in [1.165, 1.54) is 0 Å². The fourth-order valence-corrected chi connectivity index (χ4v) is 6.09. The van der Waals surface area contributed by atoms with Gasteiger partial charge in [0.2, 0.25) is 0 Å². The minimum absolute atomic E-state index is 0.0785. The van der Waals surface area contributed by atoms with Gasteiger partial charge in [0.05, 0.1) is 17.3 Å². The first-order valence-corrected chi connectivity index (χ1v) is 12.5. The monoisotopic (exact) mass is 488 g/mol. The molecule has 2 aliphatic heterocycles. The van der Waals surface area contributed by atoms with Gasteiger partial charge in [-0.15, -0.1) is 0 Å². The number of hydrogen-bond acceptors (Lipinski definition) is 6. The molecule has 0 fully saturated rings. The molecule has 0 saturated carbocycles. The Hall–Kier alpha value is -3.41. The molecule has 3 aliphatic rings. The van der Waals surface area contributed by atoms with Gasteiger partial charge in [-0.05, 0) is 46.1 Å². The summed E-state index contributed by atoms with van der Waals surface area (Å²) in [5, 5.41) is 11.1. The third-order valence-electron chi connectivity index (χ3n) is 7.98. The van der Waals surface area contributed by atoms with Crippen LogP contribution in [-0.2, 0) is 9.59 Å². The second kappa shape index (κ2) is 7.79. The van der Waals surface area contributed by atoms with Gasteiger partial charge < -0.3 is 14.6 Å². The smallest absolute Gasteiger partial charge is 0.175 e. The van der Waals surface area contributed by atoms with Crippen molar-refractivity contribution < 1.29 is 29.0 Å². The van der Waals surface area contributed by atoms with E-state index in [4.69, 9.17) is 9.47 Å². The fraction of sp³-hybridized carbons (Fsp3) is 0.433. The molecular formula is C30H32O6. The summed E-state index contributed by atoms with van der Waals surface area (Å²) in [6.07, 6.45) is -0.436. The van der Waals surface area contributed by atoms with E-state index in [1.807, 2.05) is 44.2 Å². The van der Waals surface area contributed by atoms with Gasteiger partial charge >= 0.3 is 0 Å². The van der Waals surface area contributed by atoms with E-state index in [0.717, 1.165) is 5.56 Å². The molecule has 1 aliphatic carbocycles. The molecule has 2 aromatic rings. The molecule has 36 heavy (non-hydrogen) atoms. The number of Topliss-reactive ketones (excluding diaryl/α,β-unsaturated/α-hetero) is 3. The zero-order chi connectivity index (χ0) is 26.3.